The maximum absolute atomic E-state index is 12.0. The number of Topliss-reactive ketones (excluding diaryl/α,β-unsaturated/α-hetero) is 2. The third-order valence-corrected chi connectivity index (χ3v) is 5.51. The van der Waals surface area contributed by atoms with Gasteiger partial charge in [-0.15, -0.1) is 0 Å². The van der Waals surface area contributed by atoms with Crippen LogP contribution in [0.4, 0.5) is 0 Å². The second-order valence-corrected chi connectivity index (χ2v) is 8.20. The largest absolute Gasteiger partial charge is 0.299 e. The van der Waals surface area contributed by atoms with Gasteiger partial charge in [0, 0.05) is 35.0 Å². The van der Waals surface area contributed by atoms with Crippen LogP contribution in [0.15, 0.2) is 30.3 Å². The molecule has 2 nitrogen and oxygen atoms in total. The molecule has 0 aliphatic heterocycles. The Labute approximate surface area is 195 Å². The summed E-state index contributed by atoms with van der Waals surface area (Å²) >= 11 is 0. The van der Waals surface area contributed by atoms with E-state index in [1.165, 1.54) is 83.5 Å². The molecule has 0 unspecified atom stereocenters. The average molecular weight is 411 g/mol. The van der Waals surface area contributed by atoms with Crippen molar-refractivity contribution in [3.05, 3.63) is 35.9 Å². The summed E-state index contributed by atoms with van der Waals surface area (Å²) in [6.07, 6.45) is 20.5. The Morgan fingerprint density at radius 2 is 1.03 bits per heavy atom. The molecule has 0 spiro atoms. The summed E-state index contributed by atoms with van der Waals surface area (Å²) in [6, 6.07) is 9.12. The Hall–Kier alpha value is -0.674. The third-order valence-electron chi connectivity index (χ3n) is 5.51. The molecule has 0 heterocycles. The summed E-state index contributed by atoms with van der Waals surface area (Å²) in [4.78, 5) is 23.9. The van der Waals surface area contributed by atoms with Crippen molar-refractivity contribution in [1.29, 1.82) is 0 Å². The fraction of sp³-hybridized carbons (Fsp3) is 0.692. The van der Waals surface area contributed by atoms with Crippen molar-refractivity contribution in [2.24, 2.45) is 0 Å². The summed E-state index contributed by atoms with van der Waals surface area (Å²) < 4.78 is 0. The van der Waals surface area contributed by atoms with E-state index < -0.39 is 0 Å². The van der Waals surface area contributed by atoms with Crippen molar-refractivity contribution in [2.45, 2.75) is 116 Å². The molecule has 1 aromatic rings. The van der Waals surface area contributed by atoms with E-state index in [-0.39, 0.29) is 41.0 Å². The molecule has 0 aliphatic rings. The maximum Gasteiger partial charge on any atom is 0.170 e. The minimum absolute atomic E-state index is 0. The van der Waals surface area contributed by atoms with Crippen molar-refractivity contribution in [3.8, 4) is 0 Å². The zero-order valence-electron chi connectivity index (χ0n) is 18.9. The van der Waals surface area contributed by atoms with E-state index in [0.717, 1.165) is 12.8 Å². The van der Waals surface area contributed by atoms with Crippen molar-refractivity contribution in [2.75, 3.05) is 0 Å². The summed E-state index contributed by atoms with van der Waals surface area (Å²) in [5, 5.41) is 0. The number of ketones is 2. The van der Waals surface area contributed by atoms with Crippen LogP contribution in [0.5, 0.6) is 0 Å². The molecule has 2 radical (unpaired) electrons. The molecule has 0 saturated carbocycles. The number of unbranched alkanes of at least 4 members (excludes halogenated alkanes) is 14. The normalized spacial score (nSPS) is 10.5. The van der Waals surface area contributed by atoms with E-state index >= 15 is 0 Å². The Balaban J connectivity index is 0.00000784. The van der Waals surface area contributed by atoms with Gasteiger partial charge in [-0.1, -0.05) is 127 Å². The van der Waals surface area contributed by atoms with Gasteiger partial charge in [0.15, 0.2) is 5.78 Å². The van der Waals surface area contributed by atoms with Crippen LogP contribution in [0.1, 0.15) is 126 Å². The highest BCUT2D eigenvalue weighted by Crippen LogP contribution is 2.14. The lowest BCUT2D eigenvalue weighted by molar-refractivity contribution is -0.118. The molecule has 0 amide bonds. The zero-order valence-corrected chi connectivity index (χ0v) is 20.3. The Morgan fingerprint density at radius 3 is 1.48 bits per heavy atom. The summed E-state index contributed by atoms with van der Waals surface area (Å²) in [6.45, 7) is 2.27. The lowest BCUT2D eigenvalue weighted by atomic mass is 10.0. The SMILES string of the molecule is CCCCCCCCCCCCCCCCCC(=O)CC(=O)c1ccccc1.[Mg]. The van der Waals surface area contributed by atoms with Gasteiger partial charge in [0.1, 0.15) is 5.78 Å². The molecule has 1 aromatic carbocycles. The highest BCUT2D eigenvalue weighted by Gasteiger charge is 2.10. The smallest absolute Gasteiger partial charge is 0.170 e. The lowest BCUT2D eigenvalue weighted by Gasteiger charge is -2.04. The van der Waals surface area contributed by atoms with Crippen LogP contribution in [0.2, 0.25) is 0 Å². The molecule has 0 fully saturated rings. The Morgan fingerprint density at radius 1 is 0.621 bits per heavy atom. The van der Waals surface area contributed by atoms with Gasteiger partial charge in [-0.3, -0.25) is 9.59 Å². The minimum atomic E-state index is -0.0495. The molecule has 160 valence electrons. The van der Waals surface area contributed by atoms with E-state index in [0.29, 0.717) is 12.0 Å². The summed E-state index contributed by atoms with van der Waals surface area (Å²) in [5.74, 6) is 0.0371. The van der Waals surface area contributed by atoms with Crippen LogP contribution >= 0.6 is 0 Å². The van der Waals surface area contributed by atoms with E-state index in [1.54, 1.807) is 12.1 Å². The van der Waals surface area contributed by atoms with Gasteiger partial charge in [-0.25, -0.2) is 0 Å². The predicted molar refractivity (Wildman–Crippen MR) is 126 cm³/mol. The quantitative estimate of drug-likeness (QED) is 0.101. The van der Waals surface area contributed by atoms with Crippen LogP contribution in [-0.2, 0) is 4.79 Å². The first-order valence-electron chi connectivity index (χ1n) is 11.8. The average Bonchev–Trinajstić information content (AvgIpc) is 2.71. The number of hydrogen-bond donors (Lipinski definition) is 0. The van der Waals surface area contributed by atoms with Crippen LogP contribution in [0.3, 0.4) is 0 Å². The lowest BCUT2D eigenvalue weighted by Crippen LogP contribution is -2.07. The molecular formula is C26H42MgO2. The molecule has 0 bridgehead atoms. The van der Waals surface area contributed by atoms with Crippen LogP contribution in [0.25, 0.3) is 0 Å². The van der Waals surface area contributed by atoms with E-state index in [9.17, 15) is 9.59 Å². The number of hydrogen-bond acceptors (Lipinski definition) is 2. The van der Waals surface area contributed by atoms with Crippen molar-refractivity contribution in [1.82, 2.24) is 0 Å². The zero-order chi connectivity index (χ0) is 20.3. The second-order valence-electron chi connectivity index (χ2n) is 8.20. The molecule has 0 N–H and O–H groups in total. The number of carbonyl (C=O) groups is 2. The van der Waals surface area contributed by atoms with Crippen molar-refractivity contribution in [3.63, 3.8) is 0 Å². The first kappa shape index (κ1) is 28.3. The molecule has 0 aromatic heterocycles. The van der Waals surface area contributed by atoms with Gasteiger partial charge in [0.05, 0.1) is 6.42 Å². The van der Waals surface area contributed by atoms with Gasteiger partial charge in [0.2, 0.25) is 0 Å². The first-order chi connectivity index (χ1) is 13.7. The molecule has 1 rings (SSSR count). The molecule has 0 saturated heterocycles. The van der Waals surface area contributed by atoms with Gasteiger partial charge >= 0.3 is 0 Å². The van der Waals surface area contributed by atoms with Gasteiger partial charge in [-0.2, -0.15) is 0 Å². The molecular weight excluding hydrogens is 369 g/mol. The highest BCUT2D eigenvalue weighted by atomic mass is 24.3. The van der Waals surface area contributed by atoms with Gasteiger partial charge < -0.3 is 0 Å². The summed E-state index contributed by atoms with van der Waals surface area (Å²) in [5.41, 5.74) is 0.646. The van der Waals surface area contributed by atoms with Gasteiger partial charge in [0.25, 0.3) is 0 Å². The Bertz CT molecular complexity index is 513. The molecule has 29 heavy (non-hydrogen) atoms. The summed E-state index contributed by atoms with van der Waals surface area (Å²) in [7, 11) is 0. The fourth-order valence-corrected chi connectivity index (χ4v) is 3.69. The topological polar surface area (TPSA) is 34.1 Å². The predicted octanol–water partition coefficient (Wildman–Crippen LogP) is 7.71. The molecule has 3 heteroatoms. The molecule has 0 aliphatic carbocycles. The van der Waals surface area contributed by atoms with Crippen molar-refractivity contribution >= 4 is 34.6 Å². The van der Waals surface area contributed by atoms with Crippen molar-refractivity contribution < 1.29 is 9.59 Å². The Kier molecular flexibility index (Phi) is 20.1. The van der Waals surface area contributed by atoms with E-state index in [4.69, 9.17) is 0 Å². The number of rotatable bonds is 19. The minimum Gasteiger partial charge on any atom is -0.299 e. The van der Waals surface area contributed by atoms with Crippen LogP contribution in [0, 0.1) is 0 Å². The second kappa shape index (κ2) is 20.6. The maximum atomic E-state index is 12.0. The monoisotopic (exact) mass is 410 g/mol. The highest BCUT2D eigenvalue weighted by molar-refractivity contribution is 6.07. The van der Waals surface area contributed by atoms with Gasteiger partial charge in [-0.05, 0) is 6.42 Å². The standard InChI is InChI=1S/C26H42O2.Mg/c1-2-3-4-5-6-7-8-9-10-11-12-13-14-15-19-22-25(27)23-26(28)24-20-17-16-18-21-24;/h16-18,20-21H,2-15,19,22-23H2,1H3;. The van der Waals surface area contributed by atoms with E-state index in [1.807, 2.05) is 18.2 Å². The number of benzene rings is 1. The third kappa shape index (κ3) is 16.8. The van der Waals surface area contributed by atoms with Crippen LogP contribution in [-0.4, -0.2) is 34.6 Å². The first-order valence-corrected chi connectivity index (χ1v) is 11.8. The fourth-order valence-electron chi connectivity index (χ4n) is 3.69. The molecule has 0 atom stereocenters. The van der Waals surface area contributed by atoms with Crippen LogP contribution < -0.4 is 0 Å². The number of carbonyl (C=O) groups excluding carboxylic acids is 2. The van der Waals surface area contributed by atoms with E-state index in [2.05, 4.69) is 6.92 Å².